The summed E-state index contributed by atoms with van der Waals surface area (Å²) in [6.07, 6.45) is 1.67. The van der Waals surface area contributed by atoms with E-state index in [1.54, 1.807) is 18.9 Å². The van der Waals surface area contributed by atoms with Crippen molar-refractivity contribution in [2.45, 2.75) is 39.7 Å². The summed E-state index contributed by atoms with van der Waals surface area (Å²) >= 11 is 0. The van der Waals surface area contributed by atoms with Gasteiger partial charge in [-0.1, -0.05) is 13.3 Å². The van der Waals surface area contributed by atoms with Gasteiger partial charge in [0.05, 0.1) is 5.92 Å². The van der Waals surface area contributed by atoms with Crippen molar-refractivity contribution in [3.05, 3.63) is 0 Å². The molecule has 3 N–H and O–H groups in total. The van der Waals surface area contributed by atoms with Crippen molar-refractivity contribution in [2.75, 3.05) is 20.1 Å². The van der Waals surface area contributed by atoms with E-state index in [1.165, 1.54) is 0 Å². The molecule has 5 heteroatoms. The zero-order valence-electron chi connectivity index (χ0n) is 11.3. The first-order valence-electron chi connectivity index (χ1n) is 6.23. The highest BCUT2D eigenvalue weighted by atomic mass is 16.2. The molecule has 0 rings (SSSR count). The van der Waals surface area contributed by atoms with Gasteiger partial charge in [-0.3, -0.25) is 9.59 Å². The standard InChI is InChI=1S/C12H25N3O2/c1-5-7-10(8-13)11(16)14-9(3)12(17)15(4)6-2/h9-10H,5-8,13H2,1-4H3,(H,14,16). The Morgan fingerprint density at radius 3 is 2.35 bits per heavy atom. The minimum absolute atomic E-state index is 0.0758. The average Bonchev–Trinajstić information content (AvgIpc) is 2.33. The summed E-state index contributed by atoms with van der Waals surface area (Å²) in [5.41, 5.74) is 5.54. The first kappa shape index (κ1) is 15.9. The topological polar surface area (TPSA) is 75.4 Å². The van der Waals surface area contributed by atoms with E-state index >= 15 is 0 Å². The highest BCUT2D eigenvalue weighted by Gasteiger charge is 2.22. The Morgan fingerprint density at radius 1 is 1.35 bits per heavy atom. The second-order valence-electron chi connectivity index (χ2n) is 4.30. The maximum atomic E-state index is 11.8. The summed E-state index contributed by atoms with van der Waals surface area (Å²) in [5.74, 6) is -0.394. The molecule has 100 valence electrons. The van der Waals surface area contributed by atoms with Crippen LogP contribution in [-0.4, -0.2) is 42.9 Å². The Morgan fingerprint density at radius 2 is 1.94 bits per heavy atom. The van der Waals surface area contributed by atoms with Crippen LogP contribution in [0.15, 0.2) is 0 Å². The van der Waals surface area contributed by atoms with E-state index in [2.05, 4.69) is 5.32 Å². The highest BCUT2D eigenvalue weighted by Crippen LogP contribution is 2.05. The third-order valence-electron chi connectivity index (χ3n) is 2.87. The molecule has 0 aromatic carbocycles. The largest absolute Gasteiger partial charge is 0.344 e. The van der Waals surface area contributed by atoms with Crippen molar-refractivity contribution in [1.29, 1.82) is 0 Å². The van der Waals surface area contributed by atoms with Crippen LogP contribution in [0.5, 0.6) is 0 Å². The number of nitrogens with two attached hydrogens (primary N) is 1. The van der Waals surface area contributed by atoms with E-state index in [9.17, 15) is 9.59 Å². The van der Waals surface area contributed by atoms with Gasteiger partial charge in [-0.2, -0.15) is 0 Å². The van der Waals surface area contributed by atoms with Gasteiger partial charge in [0.25, 0.3) is 0 Å². The molecule has 0 heterocycles. The zero-order valence-corrected chi connectivity index (χ0v) is 11.3. The van der Waals surface area contributed by atoms with E-state index in [0.717, 1.165) is 12.8 Å². The van der Waals surface area contributed by atoms with Crippen LogP contribution in [0.2, 0.25) is 0 Å². The second kappa shape index (κ2) is 8.06. The van der Waals surface area contributed by atoms with E-state index in [4.69, 9.17) is 5.73 Å². The van der Waals surface area contributed by atoms with Crippen LogP contribution in [0.25, 0.3) is 0 Å². The fourth-order valence-electron chi connectivity index (χ4n) is 1.58. The van der Waals surface area contributed by atoms with Gasteiger partial charge >= 0.3 is 0 Å². The minimum Gasteiger partial charge on any atom is -0.344 e. The molecule has 0 saturated heterocycles. The lowest BCUT2D eigenvalue weighted by Crippen LogP contribution is -2.48. The van der Waals surface area contributed by atoms with Gasteiger partial charge < -0.3 is 16.0 Å². The Kier molecular flexibility index (Phi) is 7.54. The Balaban J connectivity index is 4.31. The Labute approximate surface area is 104 Å². The van der Waals surface area contributed by atoms with E-state index < -0.39 is 6.04 Å². The molecular formula is C12H25N3O2. The molecule has 0 aromatic heterocycles. The molecule has 0 aliphatic heterocycles. The number of amides is 2. The lowest BCUT2D eigenvalue weighted by atomic mass is 10.0. The number of nitrogens with one attached hydrogen (secondary N) is 1. The van der Waals surface area contributed by atoms with Crippen LogP contribution >= 0.6 is 0 Å². The van der Waals surface area contributed by atoms with Gasteiger partial charge in [0, 0.05) is 20.1 Å². The molecular weight excluding hydrogens is 218 g/mol. The lowest BCUT2D eigenvalue weighted by molar-refractivity contribution is -0.135. The van der Waals surface area contributed by atoms with Gasteiger partial charge in [0.1, 0.15) is 6.04 Å². The molecule has 2 amide bonds. The third kappa shape index (κ3) is 5.17. The summed E-state index contributed by atoms with van der Waals surface area (Å²) in [5, 5.41) is 2.72. The van der Waals surface area contributed by atoms with Crippen LogP contribution < -0.4 is 11.1 Å². The summed E-state index contributed by atoms with van der Waals surface area (Å²) in [7, 11) is 1.72. The van der Waals surface area contributed by atoms with Crippen LogP contribution in [0.4, 0.5) is 0 Å². The fraction of sp³-hybridized carbons (Fsp3) is 0.833. The molecule has 0 aliphatic rings. The number of rotatable bonds is 7. The second-order valence-corrected chi connectivity index (χ2v) is 4.30. The molecule has 0 fully saturated rings. The van der Waals surface area contributed by atoms with Crippen molar-refractivity contribution < 1.29 is 9.59 Å². The molecule has 0 spiro atoms. The lowest BCUT2D eigenvalue weighted by Gasteiger charge is -2.22. The molecule has 17 heavy (non-hydrogen) atoms. The van der Waals surface area contributed by atoms with Crippen molar-refractivity contribution in [3.63, 3.8) is 0 Å². The maximum absolute atomic E-state index is 11.8. The number of carbonyl (C=O) groups is 2. The van der Waals surface area contributed by atoms with Crippen LogP contribution in [-0.2, 0) is 9.59 Å². The first-order chi connectivity index (χ1) is 7.97. The highest BCUT2D eigenvalue weighted by molar-refractivity contribution is 5.88. The first-order valence-corrected chi connectivity index (χ1v) is 6.23. The van der Waals surface area contributed by atoms with Crippen molar-refractivity contribution >= 4 is 11.8 Å². The molecule has 0 bridgehead atoms. The Hall–Kier alpha value is -1.10. The predicted molar refractivity (Wildman–Crippen MR) is 68.4 cm³/mol. The van der Waals surface area contributed by atoms with Crippen molar-refractivity contribution in [2.24, 2.45) is 11.7 Å². The monoisotopic (exact) mass is 243 g/mol. The van der Waals surface area contributed by atoms with E-state index in [1.807, 2.05) is 13.8 Å². The SMILES string of the molecule is CCCC(CN)C(=O)NC(C)C(=O)N(C)CC. The molecule has 0 radical (unpaired) electrons. The van der Waals surface area contributed by atoms with Crippen LogP contribution in [0.3, 0.4) is 0 Å². The summed E-state index contributed by atoms with van der Waals surface area (Å²) < 4.78 is 0. The van der Waals surface area contributed by atoms with Gasteiger partial charge in [-0.25, -0.2) is 0 Å². The smallest absolute Gasteiger partial charge is 0.244 e. The number of nitrogens with zero attached hydrogens (tertiary/aromatic N) is 1. The van der Waals surface area contributed by atoms with Crippen molar-refractivity contribution in [3.8, 4) is 0 Å². The molecule has 2 unspecified atom stereocenters. The van der Waals surface area contributed by atoms with Crippen LogP contribution in [0.1, 0.15) is 33.6 Å². The minimum atomic E-state index is -0.488. The van der Waals surface area contributed by atoms with Gasteiger partial charge in [0.2, 0.25) is 11.8 Å². The molecule has 0 aliphatic carbocycles. The van der Waals surface area contributed by atoms with E-state index in [-0.39, 0.29) is 17.7 Å². The van der Waals surface area contributed by atoms with Crippen molar-refractivity contribution in [1.82, 2.24) is 10.2 Å². The van der Waals surface area contributed by atoms with E-state index in [0.29, 0.717) is 13.1 Å². The predicted octanol–water partition coefficient (Wildman–Crippen LogP) is 0.344. The molecule has 0 aromatic rings. The third-order valence-corrected chi connectivity index (χ3v) is 2.87. The molecule has 2 atom stereocenters. The Bertz CT molecular complexity index is 256. The average molecular weight is 243 g/mol. The maximum Gasteiger partial charge on any atom is 0.244 e. The number of hydrogen-bond donors (Lipinski definition) is 2. The van der Waals surface area contributed by atoms with Gasteiger partial charge in [0.15, 0.2) is 0 Å². The molecule has 5 nitrogen and oxygen atoms in total. The summed E-state index contributed by atoms with van der Waals surface area (Å²) in [6.45, 7) is 6.56. The number of hydrogen-bond acceptors (Lipinski definition) is 3. The zero-order chi connectivity index (χ0) is 13.4. The van der Waals surface area contributed by atoms with Gasteiger partial charge in [-0.05, 0) is 20.3 Å². The summed E-state index contributed by atoms with van der Waals surface area (Å²) in [4.78, 5) is 25.2. The van der Waals surface area contributed by atoms with Crippen LogP contribution in [0, 0.1) is 5.92 Å². The number of carbonyl (C=O) groups excluding carboxylic acids is 2. The summed E-state index contributed by atoms with van der Waals surface area (Å²) in [6, 6.07) is -0.488. The fourth-order valence-corrected chi connectivity index (χ4v) is 1.58. The number of likely N-dealkylation sites (N-methyl/N-ethyl adjacent to an activating group) is 1. The quantitative estimate of drug-likeness (QED) is 0.677. The van der Waals surface area contributed by atoms with Gasteiger partial charge in [-0.15, -0.1) is 0 Å². The molecule has 0 saturated carbocycles. The normalized spacial score (nSPS) is 13.9.